The molecule has 0 N–H and O–H groups in total. The molecule has 2 rings (SSSR count). The van der Waals surface area contributed by atoms with Crippen LogP contribution < -0.4 is 0 Å². The molecule has 0 spiro atoms. The number of fused-ring (bicyclic) bond motifs is 1. The van der Waals surface area contributed by atoms with Gasteiger partial charge in [0, 0.05) is 14.1 Å². The molecule has 0 fully saturated rings. The molecule has 0 saturated heterocycles. The summed E-state index contributed by atoms with van der Waals surface area (Å²) in [5.74, 6) is 1.34. The van der Waals surface area contributed by atoms with Crippen molar-refractivity contribution < 1.29 is 0 Å². The quantitative estimate of drug-likeness (QED) is 0.593. The molecule has 2 unspecified atom stereocenters. The molecule has 0 amide bonds. The molecule has 0 saturated carbocycles. The Morgan fingerprint density at radius 3 is 2.41 bits per heavy atom. The molecule has 2 atom stereocenters. The van der Waals surface area contributed by atoms with Gasteiger partial charge in [-0.3, -0.25) is 0 Å². The fraction of sp³-hybridized carbons (Fsp3) is 0.600. The van der Waals surface area contributed by atoms with Crippen molar-refractivity contribution >= 4 is 27.7 Å². The summed E-state index contributed by atoms with van der Waals surface area (Å²) in [6.45, 7) is 13.9. The smallest absolute Gasteiger partial charge is 0.0237 e. The van der Waals surface area contributed by atoms with Crippen molar-refractivity contribution in [1.29, 1.82) is 0 Å². The average molecular weight is 313 g/mol. The average Bonchev–Trinajstić information content (AvgIpc) is 2.22. The van der Waals surface area contributed by atoms with Gasteiger partial charge in [0.2, 0.25) is 0 Å². The first-order valence-electron chi connectivity index (χ1n) is 6.24. The lowest BCUT2D eigenvalue weighted by atomic mass is 9.79. The summed E-state index contributed by atoms with van der Waals surface area (Å²) in [6, 6.07) is 2.35. The Morgan fingerprint density at radius 2 is 1.82 bits per heavy atom. The van der Waals surface area contributed by atoms with Crippen LogP contribution in [0.2, 0.25) is 0 Å². The SMILES string of the molecule is Cc1cc2c(c(C)c1Br)C(C)C(C)C(C)(C)S2. The second-order valence-electron chi connectivity index (χ2n) is 5.83. The van der Waals surface area contributed by atoms with Gasteiger partial charge in [-0.2, -0.15) is 0 Å². The molecule has 1 heterocycles. The monoisotopic (exact) mass is 312 g/mol. The van der Waals surface area contributed by atoms with Crippen molar-refractivity contribution in [1.82, 2.24) is 0 Å². The van der Waals surface area contributed by atoms with Crippen LogP contribution in [0, 0.1) is 19.8 Å². The first-order valence-corrected chi connectivity index (χ1v) is 7.85. The van der Waals surface area contributed by atoms with E-state index in [1.807, 2.05) is 11.8 Å². The lowest BCUT2D eigenvalue weighted by Crippen LogP contribution is -2.33. The van der Waals surface area contributed by atoms with Crippen LogP contribution in [-0.4, -0.2) is 4.75 Å². The van der Waals surface area contributed by atoms with Crippen LogP contribution in [0.3, 0.4) is 0 Å². The van der Waals surface area contributed by atoms with Gasteiger partial charge in [-0.15, -0.1) is 11.8 Å². The van der Waals surface area contributed by atoms with Crippen molar-refractivity contribution in [3.8, 4) is 0 Å². The number of benzene rings is 1. The fourth-order valence-electron chi connectivity index (χ4n) is 2.82. The van der Waals surface area contributed by atoms with Crippen LogP contribution in [0.25, 0.3) is 0 Å². The third-order valence-corrected chi connectivity index (χ3v) is 7.04. The summed E-state index contributed by atoms with van der Waals surface area (Å²) in [7, 11) is 0. The zero-order chi connectivity index (χ0) is 13.0. The molecule has 0 aromatic heterocycles. The second kappa shape index (κ2) is 4.31. The first kappa shape index (κ1) is 13.5. The molecule has 0 radical (unpaired) electrons. The molecule has 1 aliphatic rings. The molecule has 1 aromatic rings. The minimum atomic E-state index is 0.332. The van der Waals surface area contributed by atoms with Gasteiger partial charge < -0.3 is 0 Å². The zero-order valence-corrected chi connectivity index (χ0v) is 13.9. The van der Waals surface area contributed by atoms with Gasteiger partial charge >= 0.3 is 0 Å². The Kier molecular flexibility index (Phi) is 3.42. The maximum absolute atomic E-state index is 3.72. The highest BCUT2D eigenvalue weighted by molar-refractivity contribution is 9.10. The van der Waals surface area contributed by atoms with E-state index in [1.54, 1.807) is 5.56 Å². The Morgan fingerprint density at radius 1 is 1.24 bits per heavy atom. The van der Waals surface area contributed by atoms with E-state index in [2.05, 4.69) is 63.5 Å². The lowest BCUT2D eigenvalue weighted by molar-refractivity contribution is 0.383. The molecule has 0 aliphatic carbocycles. The topological polar surface area (TPSA) is 0 Å². The van der Waals surface area contributed by atoms with E-state index >= 15 is 0 Å². The highest BCUT2D eigenvalue weighted by Gasteiger charge is 2.38. The molecule has 94 valence electrons. The standard InChI is InChI=1S/C15H21BrS/c1-8-7-12-13(10(3)14(8)16)9(2)11(4)15(5,6)17-12/h7,9,11H,1-6H3. The van der Waals surface area contributed by atoms with Crippen LogP contribution in [0.15, 0.2) is 15.4 Å². The number of rotatable bonds is 0. The van der Waals surface area contributed by atoms with E-state index in [9.17, 15) is 0 Å². The largest absolute Gasteiger partial charge is 0.119 e. The second-order valence-corrected chi connectivity index (χ2v) is 8.32. The van der Waals surface area contributed by atoms with Gasteiger partial charge in [0.15, 0.2) is 0 Å². The molecule has 1 aliphatic heterocycles. The summed E-state index contributed by atoms with van der Waals surface area (Å²) in [4.78, 5) is 1.49. The Hall–Kier alpha value is 0.0500. The van der Waals surface area contributed by atoms with Crippen LogP contribution in [-0.2, 0) is 0 Å². The number of aryl methyl sites for hydroxylation is 1. The van der Waals surface area contributed by atoms with Crippen molar-refractivity contribution in [2.75, 3.05) is 0 Å². The minimum Gasteiger partial charge on any atom is -0.119 e. The predicted molar refractivity (Wildman–Crippen MR) is 81.1 cm³/mol. The van der Waals surface area contributed by atoms with Gasteiger partial charge in [-0.05, 0) is 48.4 Å². The molecule has 1 aromatic carbocycles. The molecular weight excluding hydrogens is 292 g/mol. The van der Waals surface area contributed by atoms with Crippen LogP contribution in [0.4, 0.5) is 0 Å². The van der Waals surface area contributed by atoms with Gasteiger partial charge in [0.05, 0.1) is 0 Å². The van der Waals surface area contributed by atoms with Crippen molar-refractivity contribution in [3.05, 3.63) is 27.2 Å². The first-order chi connectivity index (χ1) is 7.75. The van der Waals surface area contributed by atoms with E-state index < -0.39 is 0 Å². The maximum Gasteiger partial charge on any atom is 0.0237 e. The molecular formula is C15H21BrS. The highest BCUT2D eigenvalue weighted by atomic mass is 79.9. The zero-order valence-electron chi connectivity index (χ0n) is 11.5. The molecule has 17 heavy (non-hydrogen) atoms. The van der Waals surface area contributed by atoms with E-state index in [0.29, 0.717) is 16.6 Å². The van der Waals surface area contributed by atoms with E-state index in [-0.39, 0.29) is 0 Å². The van der Waals surface area contributed by atoms with Gasteiger partial charge in [-0.25, -0.2) is 0 Å². The van der Waals surface area contributed by atoms with E-state index in [4.69, 9.17) is 0 Å². The fourth-order valence-corrected chi connectivity index (χ4v) is 4.78. The summed E-state index contributed by atoms with van der Waals surface area (Å²) < 4.78 is 1.62. The third-order valence-electron chi connectivity index (χ3n) is 4.37. The number of thioether (sulfide) groups is 1. The van der Waals surface area contributed by atoms with Crippen LogP contribution in [0.5, 0.6) is 0 Å². The van der Waals surface area contributed by atoms with Gasteiger partial charge in [-0.1, -0.05) is 43.6 Å². The number of hydrogen-bond acceptors (Lipinski definition) is 1. The normalized spacial score (nSPS) is 26.8. The molecule has 0 nitrogen and oxygen atoms in total. The maximum atomic E-state index is 3.72. The van der Waals surface area contributed by atoms with Crippen LogP contribution in [0.1, 0.15) is 50.3 Å². The number of halogens is 1. The Labute approximate surface area is 118 Å². The summed E-state index contributed by atoms with van der Waals surface area (Å²) in [5, 5.41) is 0. The minimum absolute atomic E-state index is 0.332. The van der Waals surface area contributed by atoms with Gasteiger partial charge in [0.25, 0.3) is 0 Å². The summed E-state index contributed by atoms with van der Waals surface area (Å²) >= 11 is 5.77. The van der Waals surface area contributed by atoms with E-state index in [0.717, 1.165) is 0 Å². The Balaban J connectivity index is 2.65. The molecule has 2 heteroatoms. The third kappa shape index (κ3) is 2.08. The van der Waals surface area contributed by atoms with E-state index in [1.165, 1.54) is 20.5 Å². The van der Waals surface area contributed by atoms with Crippen molar-refractivity contribution in [2.24, 2.45) is 5.92 Å². The summed E-state index contributed by atoms with van der Waals surface area (Å²) in [5.41, 5.74) is 4.34. The van der Waals surface area contributed by atoms with Crippen molar-refractivity contribution in [3.63, 3.8) is 0 Å². The lowest BCUT2D eigenvalue weighted by Gasteiger charge is -2.42. The molecule has 0 bridgehead atoms. The van der Waals surface area contributed by atoms with Crippen molar-refractivity contribution in [2.45, 2.75) is 57.1 Å². The highest BCUT2D eigenvalue weighted by Crippen LogP contribution is 2.53. The Bertz CT molecular complexity index is 462. The van der Waals surface area contributed by atoms with Crippen LogP contribution >= 0.6 is 27.7 Å². The van der Waals surface area contributed by atoms with Gasteiger partial charge in [0.1, 0.15) is 0 Å². The summed E-state index contributed by atoms with van der Waals surface area (Å²) in [6.07, 6.45) is 0. The predicted octanol–water partition coefficient (Wildman–Crippen LogP) is 5.69. The number of hydrogen-bond donors (Lipinski definition) is 0.